The zero-order valence-electron chi connectivity index (χ0n) is 5.95. The number of aromatic nitrogens is 3. The molecule has 11 heavy (non-hydrogen) atoms. The van der Waals surface area contributed by atoms with Crippen molar-refractivity contribution in [3.63, 3.8) is 0 Å². The van der Waals surface area contributed by atoms with E-state index in [1.807, 2.05) is 13.0 Å². The molecule has 2 aromatic rings. The van der Waals surface area contributed by atoms with E-state index in [0.717, 1.165) is 16.2 Å². The van der Waals surface area contributed by atoms with Crippen LogP contribution < -0.4 is 0 Å². The van der Waals surface area contributed by atoms with Crippen molar-refractivity contribution in [2.24, 2.45) is 0 Å². The Morgan fingerprint density at radius 1 is 1.55 bits per heavy atom. The van der Waals surface area contributed by atoms with Gasteiger partial charge < -0.3 is 0 Å². The molecule has 0 aliphatic rings. The number of hydrogen-bond donors (Lipinski definition) is 0. The van der Waals surface area contributed by atoms with Crippen LogP contribution in [0.15, 0.2) is 18.6 Å². The van der Waals surface area contributed by atoms with Gasteiger partial charge in [-0.3, -0.25) is 4.40 Å². The first-order valence-electron chi connectivity index (χ1n) is 3.23. The van der Waals surface area contributed by atoms with Crippen molar-refractivity contribution < 1.29 is 0 Å². The summed E-state index contributed by atoms with van der Waals surface area (Å²) in [6.45, 7) is 1.94. The lowest BCUT2D eigenvalue weighted by Crippen LogP contribution is -1.84. The second kappa shape index (κ2) is 2.20. The molecule has 3 nitrogen and oxygen atoms in total. The van der Waals surface area contributed by atoms with Gasteiger partial charge in [0.15, 0.2) is 5.65 Å². The van der Waals surface area contributed by atoms with Gasteiger partial charge in [0.2, 0.25) is 0 Å². The largest absolute Gasteiger partial charge is 0.288 e. The summed E-state index contributed by atoms with van der Waals surface area (Å²) in [5.74, 6) is 0. The third-order valence-corrected chi connectivity index (χ3v) is 1.97. The molecule has 0 saturated carbocycles. The number of fused-ring (bicyclic) bond motifs is 1. The minimum Gasteiger partial charge on any atom is -0.288 e. The lowest BCUT2D eigenvalue weighted by atomic mass is 10.3. The normalized spacial score (nSPS) is 10.7. The Morgan fingerprint density at radius 2 is 2.36 bits per heavy atom. The van der Waals surface area contributed by atoms with Gasteiger partial charge in [-0.25, -0.2) is 0 Å². The summed E-state index contributed by atoms with van der Waals surface area (Å²) in [7, 11) is 0. The molecule has 0 atom stereocenters. The van der Waals surface area contributed by atoms with Gasteiger partial charge in [-0.15, -0.1) is 10.2 Å². The van der Waals surface area contributed by atoms with Gasteiger partial charge in [0.05, 0.1) is 5.02 Å². The highest BCUT2D eigenvalue weighted by Gasteiger charge is 1.98. The maximum atomic E-state index is 5.87. The van der Waals surface area contributed by atoms with Crippen molar-refractivity contribution in [1.82, 2.24) is 14.6 Å². The Kier molecular flexibility index (Phi) is 1.32. The number of rotatable bonds is 0. The molecule has 2 heterocycles. The Labute approximate surface area is 68.6 Å². The van der Waals surface area contributed by atoms with Crippen molar-refractivity contribution in [3.05, 3.63) is 29.2 Å². The summed E-state index contributed by atoms with van der Waals surface area (Å²) in [5.41, 5.74) is 1.85. The van der Waals surface area contributed by atoms with Crippen molar-refractivity contribution in [3.8, 4) is 0 Å². The first-order valence-corrected chi connectivity index (χ1v) is 3.60. The molecule has 0 aliphatic heterocycles. The molecular formula is C7H6ClN3. The molecule has 0 saturated heterocycles. The maximum Gasteiger partial charge on any atom is 0.160 e. The summed E-state index contributed by atoms with van der Waals surface area (Å²) in [6.07, 6.45) is 3.42. The van der Waals surface area contributed by atoms with Crippen LogP contribution in [0.3, 0.4) is 0 Å². The third kappa shape index (κ3) is 0.973. The molecular weight excluding hydrogens is 162 g/mol. The molecule has 0 aromatic carbocycles. The van der Waals surface area contributed by atoms with E-state index in [0.29, 0.717) is 0 Å². The first-order chi connectivity index (χ1) is 5.27. The maximum absolute atomic E-state index is 5.87. The molecule has 0 amide bonds. The number of pyridine rings is 1. The van der Waals surface area contributed by atoms with E-state index in [-0.39, 0.29) is 0 Å². The minimum absolute atomic E-state index is 0.734. The van der Waals surface area contributed by atoms with Crippen LogP contribution in [0.1, 0.15) is 5.56 Å². The van der Waals surface area contributed by atoms with Gasteiger partial charge in [0, 0.05) is 6.20 Å². The van der Waals surface area contributed by atoms with Crippen molar-refractivity contribution >= 4 is 17.2 Å². The summed E-state index contributed by atoms with van der Waals surface area (Å²) < 4.78 is 1.79. The Bertz CT molecular complexity index is 357. The van der Waals surface area contributed by atoms with Crippen LogP contribution >= 0.6 is 11.6 Å². The van der Waals surface area contributed by atoms with Crippen LogP contribution in [0.2, 0.25) is 5.02 Å². The van der Waals surface area contributed by atoms with Crippen molar-refractivity contribution in [1.29, 1.82) is 0 Å². The predicted molar refractivity (Wildman–Crippen MR) is 42.7 cm³/mol. The SMILES string of the molecule is Cc1cc2nncn2cc1Cl. The minimum atomic E-state index is 0.734. The van der Waals surface area contributed by atoms with E-state index in [2.05, 4.69) is 10.2 Å². The van der Waals surface area contributed by atoms with Crippen LogP contribution in [0.4, 0.5) is 0 Å². The second-order valence-electron chi connectivity index (χ2n) is 2.40. The zero-order chi connectivity index (χ0) is 7.84. The second-order valence-corrected chi connectivity index (χ2v) is 2.81. The summed E-state index contributed by atoms with van der Waals surface area (Å²) in [6, 6.07) is 1.90. The van der Waals surface area contributed by atoms with Crippen LogP contribution in [0, 0.1) is 6.92 Å². The lowest BCUT2D eigenvalue weighted by molar-refractivity contribution is 1.10. The number of hydrogen-bond acceptors (Lipinski definition) is 2. The monoisotopic (exact) mass is 167 g/mol. The fourth-order valence-corrected chi connectivity index (χ4v) is 1.10. The Morgan fingerprint density at radius 3 is 3.18 bits per heavy atom. The highest BCUT2D eigenvalue weighted by Crippen LogP contribution is 2.15. The number of halogens is 1. The van der Waals surface area contributed by atoms with Gasteiger partial charge in [-0.2, -0.15) is 0 Å². The molecule has 0 bridgehead atoms. The molecule has 0 spiro atoms. The van der Waals surface area contributed by atoms with Gasteiger partial charge in [0.1, 0.15) is 6.33 Å². The fraction of sp³-hybridized carbons (Fsp3) is 0.143. The first kappa shape index (κ1) is 6.61. The zero-order valence-corrected chi connectivity index (χ0v) is 6.71. The summed E-state index contributed by atoms with van der Waals surface area (Å²) >= 11 is 5.87. The predicted octanol–water partition coefficient (Wildman–Crippen LogP) is 1.69. The van der Waals surface area contributed by atoms with E-state index in [1.165, 1.54) is 0 Å². The van der Waals surface area contributed by atoms with E-state index >= 15 is 0 Å². The average molecular weight is 168 g/mol. The molecule has 0 radical (unpaired) electrons. The fourth-order valence-electron chi connectivity index (χ4n) is 0.941. The van der Waals surface area contributed by atoms with Gasteiger partial charge in [-0.1, -0.05) is 11.6 Å². The van der Waals surface area contributed by atoms with Crippen LogP contribution in [0.5, 0.6) is 0 Å². The number of nitrogens with zero attached hydrogens (tertiary/aromatic N) is 3. The van der Waals surface area contributed by atoms with Crippen molar-refractivity contribution in [2.75, 3.05) is 0 Å². The van der Waals surface area contributed by atoms with Crippen LogP contribution in [-0.2, 0) is 0 Å². The van der Waals surface area contributed by atoms with Gasteiger partial charge >= 0.3 is 0 Å². The Balaban J connectivity index is 2.86. The van der Waals surface area contributed by atoms with Gasteiger partial charge in [0.25, 0.3) is 0 Å². The third-order valence-electron chi connectivity index (χ3n) is 1.58. The van der Waals surface area contributed by atoms with E-state index in [9.17, 15) is 0 Å². The molecule has 0 fully saturated rings. The summed E-state index contributed by atoms with van der Waals surface area (Å²) in [5, 5.41) is 8.35. The molecule has 0 aliphatic carbocycles. The molecule has 2 rings (SSSR count). The van der Waals surface area contributed by atoms with Crippen LogP contribution in [-0.4, -0.2) is 14.6 Å². The van der Waals surface area contributed by atoms with E-state index < -0.39 is 0 Å². The molecule has 0 unspecified atom stereocenters. The molecule has 56 valence electrons. The highest BCUT2D eigenvalue weighted by molar-refractivity contribution is 6.31. The van der Waals surface area contributed by atoms with Crippen LogP contribution in [0.25, 0.3) is 5.65 Å². The molecule has 2 aromatic heterocycles. The molecule has 4 heteroatoms. The highest BCUT2D eigenvalue weighted by atomic mass is 35.5. The van der Waals surface area contributed by atoms with E-state index in [1.54, 1.807) is 16.9 Å². The van der Waals surface area contributed by atoms with Gasteiger partial charge in [-0.05, 0) is 18.6 Å². The number of aryl methyl sites for hydroxylation is 1. The van der Waals surface area contributed by atoms with Crippen molar-refractivity contribution in [2.45, 2.75) is 6.92 Å². The summed E-state index contributed by atoms with van der Waals surface area (Å²) in [4.78, 5) is 0. The standard InChI is InChI=1S/C7H6ClN3/c1-5-2-7-10-9-4-11(7)3-6(5)8/h2-4H,1H3. The smallest absolute Gasteiger partial charge is 0.160 e. The average Bonchev–Trinajstić information content (AvgIpc) is 2.36. The Hall–Kier alpha value is -1.09. The lowest BCUT2D eigenvalue weighted by Gasteiger charge is -1.96. The molecule has 0 N–H and O–H groups in total. The quantitative estimate of drug-likeness (QED) is 0.598. The van der Waals surface area contributed by atoms with E-state index in [4.69, 9.17) is 11.6 Å². The topological polar surface area (TPSA) is 30.2 Å².